The number of fused-ring (bicyclic) bond motifs is 1. The Morgan fingerprint density at radius 3 is 2.83 bits per heavy atom. The van der Waals surface area contributed by atoms with Crippen molar-refractivity contribution in [1.82, 2.24) is 5.16 Å². The van der Waals surface area contributed by atoms with E-state index in [9.17, 15) is 8.42 Å². The first-order valence-corrected chi connectivity index (χ1v) is 9.95. The number of aryl methyl sites for hydroxylation is 2. The highest BCUT2D eigenvalue weighted by atomic mass is 32.2. The summed E-state index contributed by atoms with van der Waals surface area (Å²) >= 11 is 1.21. The Hall–Kier alpha value is -2.12. The third-order valence-corrected chi connectivity index (χ3v) is 7.44. The van der Waals surface area contributed by atoms with Crippen LogP contribution in [0.25, 0.3) is 10.6 Å². The molecule has 0 amide bonds. The fourth-order valence-electron chi connectivity index (χ4n) is 2.93. The van der Waals surface area contributed by atoms with Crippen LogP contribution in [0, 0.1) is 6.92 Å². The van der Waals surface area contributed by atoms with Crippen molar-refractivity contribution in [3.63, 3.8) is 0 Å². The average Bonchev–Trinajstić information content (AvgIpc) is 3.23. The number of hydrogen-bond acceptors (Lipinski definition) is 5. The van der Waals surface area contributed by atoms with Crippen LogP contribution in [0.1, 0.15) is 17.7 Å². The zero-order valence-corrected chi connectivity index (χ0v) is 14.7. The molecule has 3 aromatic rings. The Balaban J connectivity index is 1.73. The molecule has 0 radical (unpaired) electrons. The van der Waals surface area contributed by atoms with Gasteiger partial charge in [-0.3, -0.25) is 4.31 Å². The van der Waals surface area contributed by atoms with Gasteiger partial charge < -0.3 is 4.52 Å². The summed E-state index contributed by atoms with van der Waals surface area (Å²) in [4.78, 5) is 0.763. The summed E-state index contributed by atoms with van der Waals surface area (Å²) in [6.45, 7) is 2.34. The smallest absolute Gasteiger partial charge is 0.273 e. The van der Waals surface area contributed by atoms with Crippen LogP contribution in [-0.2, 0) is 16.4 Å². The molecule has 1 aromatic carbocycles. The molecule has 0 fully saturated rings. The molecule has 2 aromatic heterocycles. The standard InChI is InChI=1S/C17H16N2O3S2/c1-12-11-15(22-18-12)16-8-9-17(23-16)24(20,21)19-10-4-6-13-5-2-3-7-14(13)19/h2-3,5,7-9,11H,4,6,10H2,1H3. The molecule has 0 unspecified atom stereocenters. The van der Waals surface area contributed by atoms with Crippen molar-refractivity contribution in [3.05, 3.63) is 53.7 Å². The van der Waals surface area contributed by atoms with Gasteiger partial charge in [0, 0.05) is 12.6 Å². The Morgan fingerprint density at radius 2 is 2.04 bits per heavy atom. The molecular weight excluding hydrogens is 344 g/mol. The number of sulfonamides is 1. The van der Waals surface area contributed by atoms with Crippen molar-refractivity contribution in [2.75, 3.05) is 10.8 Å². The lowest BCUT2D eigenvalue weighted by Crippen LogP contribution is -2.35. The van der Waals surface area contributed by atoms with Crippen molar-refractivity contribution in [2.45, 2.75) is 24.0 Å². The molecule has 0 bridgehead atoms. The Labute approximate surface area is 144 Å². The van der Waals surface area contributed by atoms with E-state index < -0.39 is 10.0 Å². The second-order valence-electron chi connectivity index (χ2n) is 5.76. The maximum atomic E-state index is 13.1. The Bertz CT molecular complexity index is 989. The van der Waals surface area contributed by atoms with E-state index in [1.807, 2.05) is 31.2 Å². The van der Waals surface area contributed by atoms with Crippen LogP contribution in [0.15, 0.2) is 51.2 Å². The van der Waals surface area contributed by atoms with E-state index in [1.165, 1.54) is 15.6 Å². The third-order valence-electron chi connectivity index (χ3n) is 4.06. The summed E-state index contributed by atoms with van der Waals surface area (Å²) in [5.41, 5.74) is 2.64. The lowest BCUT2D eigenvalue weighted by Gasteiger charge is -2.29. The molecule has 24 heavy (non-hydrogen) atoms. The van der Waals surface area contributed by atoms with Gasteiger partial charge in [-0.1, -0.05) is 23.4 Å². The molecule has 4 rings (SSSR count). The summed E-state index contributed by atoms with van der Waals surface area (Å²) in [5.74, 6) is 0.595. The second-order valence-corrected chi connectivity index (χ2v) is 8.93. The minimum absolute atomic E-state index is 0.322. The first-order valence-electron chi connectivity index (χ1n) is 7.70. The van der Waals surface area contributed by atoms with Crippen LogP contribution >= 0.6 is 11.3 Å². The molecule has 1 aliphatic rings. The minimum atomic E-state index is -3.57. The Morgan fingerprint density at radius 1 is 1.21 bits per heavy atom. The molecule has 124 valence electrons. The van der Waals surface area contributed by atoms with E-state index in [0.717, 1.165) is 34.7 Å². The number of aromatic nitrogens is 1. The molecule has 0 saturated heterocycles. The van der Waals surface area contributed by atoms with Crippen LogP contribution in [0.2, 0.25) is 0 Å². The largest absolute Gasteiger partial charge is 0.355 e. The fraction of sp³-hybridized carbons (Fsp3) is 0.235. The summed E-state index contributed by atoms with van der Waals surface area (Å²) in [6, 6.07) is 12.9. The normalized spacial score (nSPS) is 14.6. The number of benzene rings is 1. The van der Waals surface area contributed by atoms with E-state index in [2.05, 4.69) is 5.16 Å². The fourth-order valence-corrected chi connectivity index (χ4v) is 5.84. The summed E-state index contributed by atoms with van der Waals surface area (Å²) < 4.78 is 33.3. The number of thiophene rings is 1. The van der Waals surface area contributed by atoms with Gasteiger partial charge in [-0.15, -0.1) is 11.3 Å². The average molecular weight is 360 g/mol. The van der Waals surface area contributed by atoms with Crippen LogP contribution in [0.5, 0.6) is 0 Å². The van der Waals surface area contributed by atoms with E-state index in [1.54, 1.807) is 18.2 Å². The zero-order chi connectivity index (χ0) is 16.7. The monoisotopic (exact) mass is 360 g/mol. The van der Waals surface area contributed by atoms with Crippen LogP contribution in [0.4, 0.5) is 5.69 Å². The highest BCUT2D eigenvalue weighted by molar-refractivity contribution is 7.94. The second kappa shape index (κ2) is 5.75. The Kier molecular flexibility index (Phi) is 3.69. The van der Waals surface area contributed by atoms with E-state index in [0.29, 0.717) is 16.5 Å². The first kappa shape index (κ1) is 15.4. The molecular formula is C17H16N2O3S2. The van der Waals surface area contributed by atoms with Crippen LogP contribution < -0.4 is 4.31 Å². The maximum Gasteiger partial charge on any atom is 0.273 e. The predicted molar refractivity (Wildman–Crippen MR) is 93.8 cm³/mol. The predicted octanol–water partition coefficient (Wildman–Crippen LogP) is 3.85. The van der Waals surface area contributed by atoms with Gasteiger partial charge in [0.1, 0.15) is 4.21 Å². The van der Waals surface area contributed by atoms with Gasteiger partial charge >= 0.3 is 0 Å². The first-order chi connectivity index (χ1) is 11.6. The lowest BCUT2D eigenvalue weighted by molar-refractivity contribution is 0.428. The van der Waals surface area contributed by atoms with E-state index in [-0.39, 0.29) is 0 Å². The van der Waals surface area contributed by atoms with Gasteiger partial charge in [0.2, 0.25) is 0 Å². The number of anilines is 1. The highest BCUT2D eigenvalue weighted by Crippen LogP contribution is 2.36. The van der Waals surface area contributed by atoms with E-state index >= 15 is 0 Å². The van der Waals surface area contributed by atoms with E-state index in [4.69, 9.17) is 4.52 Å². The maximum absolute atomic E-state index is 13.1. The topological polar surface area (TPSA) is 63.4 Å². The molecule has 0 spiro atoms. The van der Waals surface area contributed by atoms with Crippen molar-refractivity contribution in [3.8, 4) is 10.6 Å². The van der Waals surface area contributed by atoms with Crippen molar-refractivity contribution >= 4 is 27.0 Å². The third kappa shape index (κ3) is 2.53. The molecule has 7 heteroatoms. The van der Waals surface area contributed by atoms with Crippen LogP contribution in [0.3, 0.4) is 0 Å². The molecule has 0 aliphatic carbocycles. The summed E-state index contributed by atoms with van der Waals surface area (Å²) in [5, 5.41) is 3.86. The minimum Gasteiger partial charge on any atom is -0.355 e. The van der Waals surface area contributed by atoms with Gasteiger partial charge in [-0.05, 0) is 43.5 Å². The van der Waals surface area contributed by atoms with Gasteiger partial charge in [-0.25, -0.2) is 8.42 Å². The lowest BCUT2D eigenvalue weighted by atomic mass is 10.0. The highest BCUT2D eigenvalue weighted by Gasteiger charge is 2.30. The molecule has 3 heterocycles. The van der Waals surface area contributed by atoms with Crippen molar-refractivity contribution in [2.24, 2.45) is 0 Å². The molecule has 0 atom stereocenters. The summed E-state index contributed by atoms with van der Waals surface area (Å²) in [7, 11) is -3.57. The summed E-state index contributed by atoms with van der Waals surface area (Å²) in [6.07, 6.45) is 1.74. The van der Waals surface area contributed by atoms with Gasteiger partial charge in [0.05, 0.1) is 16.3 Å². The molecule has 1 aliphatic heterocycles. The number of nitrogens with zero attached hydrogens (tertiary/aromatic N) is 2. The van der Waals surface area contributed by atoms with Crippen LogP contribution in [-0.4, -0.2) is 20.1 Å². The molecule has 0 N–H and O–H groups in total. The van der Waals surface area contributed by atoms with Crippen molar-refractivity contribution in [1.29, 1.82) is 0 Å². The SMILES string of the molecule is Cc1cc(-c2ccc(S(=O)(=O)N3CCCc4ccccc43)s2)on1. The number of hydrogen-bond donors (Lipinski definition) is 0. The van der Waals surface area contributed by atoms with Gasteiger partial charge in [-0.2, -0.15) is 0 Å². The van der Waals surface area contributed by atoms with Gasteiger partial charge in [0.25, 0.3) is 10.0 Å². The quantitative estimate of drug-likeness (QED) is 0.712. The molecule has 5 nitrogen and oxygen atoms in total. The molecule has 0 saturated carbocycles. The number of rotatable bonds is 3. The van der Waals surface area contributed by atoms with Gasteiger partial charge in [0.15, 0.2) is 5.76 Å². The zero-order valence-electron chi connectivity index (χ0n) is 13.1. The van der Waals surface area contributed by atoms with Crippen molar-refractivity contribution < 1.29 is 12.9 Å². The number of para-hydroxylation sites is 1.